The minimum absolute atomic E-state index is 0.0435. The number of carbonyl (C=O) groups is 2. The predicted octanol–water partition coefficient (Wildman–Crippen LogP) is -0.744. The first kappa shape index (κ1) is 13.4. The molecule has 9 nitrogen and oxygen atoms in total. The number of imidazole rings is 1. The van der Waals surface area contributed by atoms with Crippen LogP contribution in [-0.4, -0.2) is 54.8 Å². The Morgan fingerprint density at radius 1 is 1.38 bits per heavy atom. The molecule has 2 aromatic rings. The molecule has 0 spiro atoms. The quantitative estimate of drug-likeness (QED) is 0.760. The van der Waals surface area contributed by atoms with Crippen molar-refractivity contribution >= 4 is 28.9 Å². The number of carbonyl (C=O) groups excluding carboxylic acids is 1. The van der Waals surface area contributed by atoms with Crippen LogP contribution in [0.15, 0.2) is 12.7 Å². The summed E-state index contributed by atoms with van der Waals surface area (Å²) in [4.78, 5) is 36.7. The van der Waals surface area contributed by atoms with E-state index in [1.54, 1.807) is 4.57 Å². The van der Waals surface area contributed by atoms with Crippen molar-refractivity contribution in [2.24, 2.45) is 5.92 Å². The van der Waals surface area contributed by atoms with Crippen LogP contribution >= 0.6 is 0 Å². The molecule has 2 aromatic heterocycles. The van der Waals surface area contributed by atoms with Crippen molar-refractivity contribution in [3.8, 4) is 0 Å². The molecule has 0 radical (unpaired) electrons. The summed E-state index contributed by atoms with van der Waals surface area (Å²) in [7, 11) is 0. The summed E-state index contributed by atoms with van der Waals surface area (Å²) in [5.41, 5.74) is 0.922. The van der Waals surface area contributed by atoms with Gasteiger partial charge in [-0.05, 0) is 0 Å². The molecule has 9 heteroatoms. The van der Waals surface area contributed by atoms with Crippen molar-refractivity contribution in [2.45, 2.75) is 13.0 Å². The van der Waals surface area contributed by atoms with Gasteiger partial charge in [0.25, 0.3) is 0 Å². The molecule has 0 aromatic carbocycles. The molecule has 110 valence electrons. The number of aliphatic hydroxyl groups excluding tert-OH is 1. The van der Waals surface area contributed by atoms with Crippen LogP contribution in [0.5, 0.6) is 0 Å². The first-order valence-corrected chi connectivity index (χ1v) is 6.41. The first-order chi connectivity index (χ1) is 10.1. The number of amides is 1. The maximum Gasteiger partial charge on any atom is 0.308 e. The molecule has 3 heterocycles. The van der Waals surface area contributed by atoms with Crippen LogP contribution in [0, 0.1) is 5.92 Å². The molecule has 0 aliphatic carbocycles. The van der Waals surface area contributed by atoms with Crippen LogP contribution in [-0.2, 0) is 16.1 Å². The minimum Gasteiger partial charge on any atom is -0.481 e. The number of nitrogens with zero attached hydrogens (tertiary/aromatic N) is 5. The standard InChI is InChI=1S/C12H13N5O4/c18-2-1-16-6-15-9-10(16)13-5-14-11(9)17-4-7(12(20)21)3-8(17)19/h5-7,18H,1-4H2,(H,20,21). The Kier molecular flexibility index (Phi) is 3.26. The highest BCUT2D eigenvalue weighted by molar-refractivity contribution is 6.02. The van der Waals surface area contributed by atoms with Crippen LogP contribution in [0.2, 0.25) is 0 Å². The second kappa shape index (κ2) is 5.09. The fourth-order valence-corrected chi connectivity index (χ4v) is 2.41. The molecule has 21 heavy (non-hydrogen) atoms. The number of rotatable bonds is 4. The van der Waals surface area contributed by atoms with E-state index in [9.17, 15) is 9.59 Å². The molecular weight excluding hydrogens is 278 g/mol. The Morgan fingerprint density at radius 3 is 2.86 bits per heavy atom. The van der Waals surface area contributed by atoms with Crippen molar-refractivity contribution in [1.29, 1.82) is 0 Å². The zero-order valence-corrected chi connectivity index (χ0v) is 11.0. The van der Waals surface area contributed by atoms with E-state index < -0.39 is 11.9 Å². The van der Waals surface area contributed by atoms with Crippen molar-refractivity contribution < 1.29 is 19.8 Å². The molecule has 1 atom stereocenters. The van der Waals surface area contributed by atoms with Gasteiger partial charge < -0.3 is 14.8 Å². The lowest BCUT2D eigenvalue weighted by Gasteiger charge is -2.14. The molecule has 1 amide bonds. The fourth-order valence-electron chi connectivity index (χ4n) is 2.41. The molecule has 1 saturated heterocycles. The van der Waals surface area contributed by atoms with Gasteiger partial charge in [-0.3, -0.25) is 14.5 Å². The second-order valence-electron chi connectivity index (χ2n) is 4.77. The number of hydrogen-bond acceptors (Lipinski definition) is 6. The third kappa shape index (κ3) is 2.21. The Hall–Kier alpha value is -2.55. The van der Waals surface area contributed by atoms with Gasteiger partial charge in [0.15, 0.2) is 17.0 Å². The normalized spacial score (nSPS) is 18.6. The lowest BCUT2D eigenvalue weighted by molar-refractivity contribution is -0.141. The number of anilines is 1. The SMILES string of the molecule is O=C(O)C1CC(=O)N(c2ncnc3c2ncn3CCO)C1. The first-order valence-electron chi connectivity index (χ1n) is 6.41. The predicted molar refractivity (Wildman–Crippen MR) is 70.5 cm³/mol. The van der Waals surface area contributed by atoms with Crippen LogP contribution in [0.1, 0.15) is 6.42 Å². The number of carboxylic acids is 1. The summed E-state index contributed by atoms with van der Waals surface area (Å²) < 4.78 is 1.65. The highest BCUT2D eigenvalue weighted by Crippen LogP contribution is 2.28. The maximum absolute atomic E-state index is 12.0. The summed E-state index contributed by atoms with van der Waals surface area (Å²) in [6.45, 7) is 0.348. The molecule has 0 bridgehead atoms. The monoisotopic (exact) mass is 291 g/mol. The van der Waals surface area contributed by atoms with Gasteiger partial charge in [0, 0.05) is 19.5 Å². The lowest BCUT2D eigenvalue weighted by atomic mass is 10.1. The highest BCUT2D eigenvalue weighted by Gasteiger charge is 2.36. The molecule has 1 aliphatic heterocycles. The summed E-state index contributed by atoms with van der Waals surface area (Å²) in [5, 5.41) is 18.0. The van der Waals surface area contributed by atoms with Gasteiger partial charge in [-0.1, -0.05) is 0 Å². The van der Waals surface area contributed by atoms with Gasteiger partial charge in [0.2, 0.25) is 5.91 Å². The van der Waals surface area contributed by atoms with E-state index in [-0.39, 0.29) is 25.5 Å². The van der Waals surface area contributed by atoms with Gasteiger partial charge in [0.05, 0.1) is 18.9 Å². The molecule has 1 fully saturated rings. The molecule has 1 unspecified atom stereocenters. The smallest absolute Gasteiger partial charge is 0.308 e. The number of hydrogen-bond donors (Lipinski definition) is 2. The average Bonchev–Trinajstić information content (AvgIpc) is 3.03. The van der Waals surface area contributed by atoms with Gasteiger partial charge in [-0.15, -0.1) is 0 Å². The minimum atomic E-state index is -0.998. The largest absolute Gasteiger partial charge is 0.481 e. The average molecular weight is 291 g/mol. The topological polar surface area (TPSA) is 121 Å². The number of aliphatic carboxylic acids is 1. The van der Waals surface area contributed by atoms with Crippen molar-refractivity contribution in [1.82, 2.24) is 19.5 Å². The number of aromatic nitrogens is 4. The molecule has 3 rings (SSSR count). The third-order valence-corrected chi connectivity index (χ3v) is 3.45. The summed E-state index contributed by atoms with van der Waals surface area (Å²) in [6, 6.07) is 0. The maximum atomic E-state index is 12.0. The van der Waals surface area contributed by atoms with E-state index in [2.05, 4.69) is 15.0 Å². The highest BCUT2D eigenvalue weighted by atomic mass is 16.4. The van der Waals surface area contributed by atoms with E-state index in [4.69, 9.17) is 10.2 Å². The van der Waals surface area contributed by atoms with Gasteiger partial charge >= 0.3 is 5.97 Å². The number of carboxylic acid groups (broad SMARTS) is 1. The summed E-state index contributed by atoms with van der Waals surface area (Å²) in [6.07, 6.45) is 2.76. The zero-order valence-electron chi connectivity index (χ0n) is 11.0. The summed E-state index contributed by atoms with van der Waals surface area (Å²) in [5.74, 6) is -1.71. The van der Waals surface area contributed by atoms with E-state index >= 15 is 0 Å². The van der Waals surface area contributed by atoms with Crippen LogP contribution < -0.4 is 4.90 Å². The second-order valence-corrected chi connectivity index (χ2v) is 4.77. The molecule has 2 N–H and O–H groups in total. The Labute approximate surface area is 118 Å². The van der Waals surface area contributed by atoms with E-state index in [1.807, 2.05) is 0 Å². The third-order valence-electron chi connectivity index (χ3n) is 3.45. The van der Waals surface area contributed by atoms with Crippen molar-refractivity contribution in [3.63, 3.8) is 0 Å². The molecular formula is C12H13N5O4. The van der Waals surface area contributed by atoms with Crippen LogP contribution in [0.4, 0.5) is 5.82 Å². The van der Waals surface area contributed by atoms with Crippen LogP contribution in [0.3, 0.4) is 0 Å². The van der Waals surface area contributed by atoms with Gasteiger partial charge in [-0.25, -0.2) is 15.0 Å². The zero-order chi connectivity index (χ0) is 15.0. The molecule has 0 saturated carbocycles. The number of fused-ring (bicyclic) bond motifs is 1. The van der Waals surface area contributed by atoms with Gasteiger partial charge in [-0.2, -0.15) is 0 Å². The van der Waals surface area contributed by atoms with Gasteiger partial charge in [0.1, 0.15) is 6.33 Å². The van der Waals surface area contributed by atoms with Crippen LogP contribution in [0.25, 0.3) is 11.2 Å². The van der Waals surface area contributed by atoms with Crippen molar-refractivity contribution in [3.05, 3.63) is 12.7 Å². The Balaban J connectivity index is 2.01. The van der Waals surface area contributed by atoms with E-state index in [1.165, 1.54) is 17.6 Å². The van der Waals surface area contributed by atoms with E-state index in [0.29, 0.717) is 23.5 Å². The Bertz CT molecular complexity index is 713. The number of aliphatic hydroxyl groups is 1. The lowest BCUT2D eigenvalue weighted by Crippen LogP contribution is -2.27. The van der Waals surface area contributed by atoms with Crippen molar-refractivity contribution in [2.75, 3.05) is 18.1 Å². The van der Waals surface area contributed by atoms with E-state index in [0.717, 1.165) is 0 Å². The summed E-state index contributed by atoms with van der Waals surface area (Å²) >= 11 is 0. The fraction of sp³-hybridized carbons (Fsp3) is 0.417. The molecule has 1 aliphatic rings. The Morgan fingerprint density at radius 2 is 2.19 bits per heavy atom.